The number of hydrogen-bond acceptors (Lipinski definition) is 6. The number of carboxylic acid groups (broad SMARTS) is 1. The van der Waals surface area contributed by atoms with E-state index >= 15 is 0 Å². The quantitative estimate of drug-likeness (QED) is 0.337. The molecular weight excluding hydrogens is 496 g/mol. The topological polar surface area (TPSA) is 124 Å². The summed E-state index contributed by atoms with van der Waals surface area (Å²) < 4.78 is 5.24. The van der Waals surface area contributed by atoms with Gasteiger partial charge in [0.05, 0.1) is 13.7 Å². The zero-order valence-electron chi connectivity index (χ0n) is 20.1. The van der Waals surface area contributed by atoms with Crippen molar-refractivity contribution < 1.29 is 24.5 Å². The number of hydrazone groups is 1. The van der Waals surface area contributed by atoms with Crippen molar-refractivity contribution in [3.8, 4) is 5.75 Å². The van der Waals surface area contributed by atoms with Crippen molar-refractivity contribution in [3.63, 3.8) is 0 Å². The molecule has 0 fully saturated rings. The van der Waals surface area contributed by atoms with Crippen molar-refractivity contribution in [2.24, 2.45) is 10.1 Å². The first-order valence-electron chi connectivity index (χ1n) is 11.4. The number of amides is 1. The Morgan fingerprint density at radius 3 is 2.32 bits per heavy atom. The summed E-state index contributed by atoms with van der Waals surface area (Å²) in [4.78, 5) is 28.8. The molecule has 1 amide bonds. The Bertz CT molecular complexity index is 1340. The first-order chi connectivity index (χ1) is 17.7. The average molecular weight is 521 g/mol. The van der Waals surface area contributed by atoms with Crippen LogP contribution in [0.15, 0.2) is 89.0 Å². The monoisotopic (exact) mass is 520 g/mol. The normalized spacial score (nSPS) is 18.2. The summed E-state index contributed by atoms with van der Waals surface area (Å²) in [6, 6.07) is 21.0. The van der Waals surface area contributed by atoms with Crippen molar-refractivity contribution in [3.05, 3.63) is 101 Å². The fourth-order valence-corrected chi connectivity index (χ4v) is 3.94. The molecule has 2 unspecified atom stereocenters. The van der Waals surface area contributed by atoms with Gasteiger partial charge in [0.2, 0.25) is 5.96 Å². The highest BCUT2D eigenvalue weighted by Crippen LogP contribution is 2.33. The summed E-state index contributed by atoms with van der Waals surface area (Å²) in [5.41, 5.74) is 0.189. The number of hydrogen-bond donors (Lipinski definition) is 3. The van der Waals surface area contributed by atoms with Gasteiger partial charge in [-0.3, -0.25) is 10.1 Å². The molecule has 9 nitrogen and oxygen atoms in total. The van der Waals surface area contributed by atoms with Crippen molar-refractivity contribution in [1.82, 2.24) is 10.3 Å². The number of nitrogens with zero attached hydrogens (tertiary/aromatic N) is 3. The third kappa shape index (κ3) is 5.63. The molecule has 0 saturated carbocycles. The minimum Gasteiger partial charge on any atom is -0.497 e. The average Bonchev–Trinajstić information content (AvgIpc) is 3.27. The number of nitrogens with one attached hydrogen (secondary N) is 1. The number of guanidine groups is 1. The van der Waals surface area contributed by atoms with Gasteiger partial charge in [0, 0.05) is 16.1 Å². The number of β-amino-alcohol motifs (C(OH)–C–C–N with tert-alkyl or cyclic N) is 1. The highest BCUT2D eigenvalue weighted by Gasteiger charge is 2.45. The molecule has 1 heterocycles. The Balaban J connectivity index is 1.77. The van der Waals surface area contributed by atoms with Gasteiger partial charge in [-0.05, 0) is 61.0 Å². The highest BCUT2D eigenvalue weighted by atomic mass is 35.5. The molecule has 190 valence electrons. The van der Waals surface area contributed by atoms with Crippen molar-refractivity contribution in [2.75, 3.05) is 13.7 Å². The second-order valence-corrected chi connectivity index (χ2v) is 8.83. The largest absolute Gasteiger partial charge is 0.497 e. The fourth-order valence-electron chi connectivity index (χ4n) is 3.82. The smallest absolute Gasteiger partial charge is 0.328 e. The lowest BCUT2D eigenvalue weighted by Gasteiger charge is -2.26. The van der Waals surface area contributed by atoms with Crippen molar-refractivity contribution >= 4 is 35.1 Å². The summed E-state index contributed by atoms with van der Waals surface area (Å²) in [7, 11) is 1.56. The molecule has 0 radical (unpaired) electrons. The molecule has 37 heavy (non-hydrogen) atoms. The summed E-state index contributed by atoms with van der Waals surface area (Å²) in [5.74, 6) is -1.21. The molecule has 1 aliphatic rings. The van der Waals surface area contributed by atoms with E-state index in [9.17, 15) is 19.8 Å². The maximum Gasteiger partial charge on any atom is 0.328 e. The van der Waals surface area contributed by atoms with E-state index < -0.39 is 23.5 Å². The van der Waals surface area contributed by atoms with Gasteiger partial charge in [-0.1, -0.05) is 41.9 Å². The molecule has 2 atom stereocenters. The Hall–Kier alpha value is -4.21. The predicted octanol–water partition coefficient (Wildman–Crippen LogP) is 3.52. The van der Waals surface area contributed by atoms with Crippen LogP contribution in [0.5, 0.6) is 5.75 Å². The number of carbonyl (C=O) groups is 2. The van der Waals surface area contributed by atoms with Crippen LogP contribution in [0.2, 0.25) is 5.02 Å². The van der Waals surface area contributed by atoms with E-state index in [0.717, 1.165) is 0 Å². The molecule has 1 aliphatic heterocycles. The SMILES string of the molecule is COc1ccc(C2=NN(C(=NC(C)C(=O)O)NC(=O)c3ccc(Cl)cc3)CC2(O)c2ccccc2)cc1. The summed E-state index contributed by atoms with van der Waals surface area (Å²) in [6.45, 7) is 1.26. The van der Waals surface area contributed by atoms with Crippen LogP contribution in [-0.2, 0) is 10.4 Å². The van der Waals surface area contributed by atoms with E-state index in [1.807, 2.05) is 6.07 Å². The highest BCUT2D eigenvalue weighted by molar-refractivity contribution is 6.30. The number of ether oxygens (including phenoxy) is 1. The van der Waals surface area contributed by atoms with Crippen LogP contribution >= 0.6 is 11.6 Å². The number of halogens is 1. The van der Waals surface area contributed by atoms with E-state index in [0.29, 0.717) is 27.6 Å². The van der Waals surface area contributed by atoms with Crippen LogP contribution in [0.3, 0.4) is 0 Å². The number of aliphatic imine (C=N–C) groups is 1. The number of carbonyl (C=O) groups excluding carboxylic acids is 1. The van der Waals surface area contributed by atoms with Gasteiger partial charge in [0.15, 0.2) is 5.60 Å². The van der Waals surface area contributed by atoms with Crippen molar-refractivity contribution in [1.29, 1.82) is 0 Å². The maximum absolute atomic E-state index is 13.0. The van der Waals surface area contributed by atoms with Crippen LogP contribution in [0, 0.1) is 0 Å². The van der Waals surface area contributed by atoms with Gasteiger partial charge in [0.1, 0.15) is 17.5 Å². The minimum absolute atomic E-state index is 0.118. The summed E-state index contributed by atoms with van der Waals surface area (Å²) in [5, 5.41) is 30.4. The second-order valence-electron chi connectivity index (χ2n) is 8.39. The lowest BCUT2D eigenvalue weighted by Crippen LogP contribution is -2.46. The van der Waals surface area contributed by atoms with Crippen LogP contribution < -0.4 is 10.1 Å². The number of rotatable bonds is 6. The molecule has 4 rings (SSSR count). The van der Waals surface area contributed by atoms with E-state index in [1.165, 1.54) is 24.1 Å². The Kier molecular flexibility index (Phi) is 7.56. The van der Waals surface area contributed by atoms with Gasteiger partial charge in [0.25, 0.3) is 5.91 Å². The third-order valence-electron chi connectivity index (χ3n) is 5.86. The molecule has 0 spiro atoms. The first kappa shape index (κ1) is 25.9. The molecular formula is C27H25ClN4O5. The number of aliphatic hydroxyl groups is 1. The van der Waals surface area contributed by atoms with Gasteiger partial charge in [-0.25, -0.2) is 14.8 Å². The van der Waals surface area contributed by atoms with Gasteiger partial charge >= 0.3 is 5.97 Å². The van der Waals surface area contributed by atoms with E-state index in [1.54, 1.807) is 67.8 Å². The van der Waals surface area contributed by atoms with Crippen LogP contribution in [0.4, 0.5) is 0 Å². The van der Waals surface area contributed by atoms with Crippen molar-refractivity contribution in [2.45, 2.75) is 18.6 Å². The maximum atomic E-state index is 13.0. The Morgan fingerprint density at radius 2 is 1.73 bits per heavy atom. The van der Waals surface area contributed by atoms with E-state index in [4.69, 9.17) is 16.3 Å². The third-order valence-corrected chi connectivity index (χ3v) is 6.11. The second kappa shape index (κ2) is 10.8. The van der Waals surface area contributed by atoms with Gasteiger partial charge in [-0.15, -0.1) is 0 Å². The molecule has 0 bridgehead atoms. The van der Waals surface area contributed by atoms with E-state index in [-0.39, 0.29) is 18.1 Å². The lowest BCUT2D eigenvalue weighted by atomic mass is 9.86. The van der Waals surface area contributed by atoms with Crippen LogP contribution in [0.25, 0.3) is 0 Å². The molecule has 10 heteroatoms. The van der Waals surface area contributed by atoms with Crippen LogP contribution in [0.1, 0.15) is 28.4 Å². The number of carboxylic acids is 1. The molecule has 3 aromatic rings. The Morgan fingerprint density at radius 1 is 1.08 bits per heavy atom. The summed E-state index contributed by atoms with van der Waals surface area (Å²) in [6.07, 6.45) is 0. The molecule has 3 N–H and O–H groups in total. The lowest BCUT2D eigenvalue weighted by molar-refractivity contribution is -0.138. The molecule has 0 saturated heterocycles. The first-order valence-corrected chi connectivity index (χ1v) is 11.8. The predicted molar refractivity (Wildman–Crippen MR) is 140 cm³/mol. The molecule has 3 aromatic carbocycles. The zero-order valence-corrected chi connectivity index (χ0v) is 20.9. The molecule has 0 aliphatic carbocycles. The minimum atomic E-state index is -1.59. The number of benzene rings is 3. The standard InChI is InChI=1S/C27H25ClN4O5/c1-17(25(34)35)29-26(30-24(33)19-8-12-21(28)13-9-19)32-16-27(36,20-6-4-3-5-7-20)23(31-32)18-10-14-22(37-2)15-11-18/h3-15,17,36H,16H2,1-2H3,(H,34,35)(H,29,30,33). The number of aliphatic carboxylic acids is 1. The number of methoxy groups -OCH3 is 1. The Labute approximate surface area is 218 Å². The zero-order chi connectivity index (χ0) is 26.6. The fraction of sp³-hybridized carbons (Fsp3) is 0.185. The molecule has 0 aromatic heterocycles. The van der Waals surface area contributed by atoms with Gasteiger partial charge < -0.3 is 14.9 Å². The van der Waals surface area contributed by atoms with Crippen LogP contribution in [-0.4, -0.2) is 58.5 Å². The van der Waals surface area contributed by atoms with E-state index in [2.05, 4.69) is 15.4 Å². The van der Waals surface area contributed by atoms with Gasteiger partial charge in [-0.2, -0.15) is 5.10 Å². The summed E-state index contributed by atoms with van der Waals surface area (Å²) >= 11 is 5.93.